The van der Waals surface area contributed by atoms with E-state index in [1.54, 1.807) is 13.8 Å². The van der Waals surface area contributed by atoms with Crippen molar-refractivity contribution in [1.82, 2.24) is 10.6 Å². The molecule has 0 unspecified atom stereocenters. The van der Waals surface area contributed by atoms with Crippen molar-refractivity contribution >= 4 is 12.0 Å². The zero-order valence-electron chi connectivity index (χ0n) is 8.96. The Labute approximate surface area is 89.2 Å². The van der Waals surface area contributed by atoms with Crippen LogP contribution in [-0.2, 0) is 4.79 Å². The lowest BCUT2D eigenvalue weighted by Crippen LogP contribution is -2.45. The molecule has 0 spiro atoms. The van der Waals surface area contributed by atoms with Gasteiger partial charge in [-0.15, -0.1) is 11.8 Å². The van der Waals surface area contributed by atoms with Gasteiger partial charge < -0.3 is 15.7 Å². The van der Waals surface area contributed by atoms with E-state index >= 15 is 0 Å². The summed E-state index contributed by atoms with van der Waals surface area (Å²) in [4.78, 5) is 21.7. The van der Waals surface area contributed by atoms with Crippen molar-refractivity contribution in [2.75, 3.05) is 6.54 Å². The van der Waals surface area contributed by atoms with Crippen LogP contribution < -0.4 is 10.6 Å². The van der Waals surface area contributed by atoms with Crippen LogP contribution in [0, 0.1) is 11.8 Å². The van der Waals surface area contributed by atoms with Crippen molar-refractivity contribution in [1.29, 1.82) is 0 Å². The third-order valence-electron chi connectivity index (χ3n) is 1.72. The number of urea groups is 1. The van der Waals surface area contributed by atoms with Crippen LogP contribution in [0.5, 0.6) is 0 Å². The van der Waals surface area contributed by atoms with Gasteiger partial charge >= 0.3 is 12.0 Å². The highest BCUT2D eigenvalue weighted by molar-refractivity contribution is 5.82. The third-order valence-corrected chi connectivity index (χ3v) is 1.72. The molecule has 3 N–H and O–H groups in total. The number of carbonyl (C=O) groups excluding carboxylic acids is 1. The van der Waals surface area contributed by atoms with Gasteiger partial charge in [-0.3, -0.25) is 0 Å². The first-order valence-corrected chi connectivity index (χ1v) is 4.78. The van der Waals surface area contributed by atoms with Crippen LogP contribution in [-0.4, -0.2) is 29.7 Å². The van der Waals surface area contributed by atoms with Crippen molar-refractivity contribution in [2.45, 2.75) is 32.7 Å². The minimum absolute atomic E-state index is 0.359. The summed E-state index contributed by atoms with van der Waals surface area (Å²) in [6.07, 6.45) is 0.922. The highest BCUT2D eigenvalue weighted by atomic mass is 16.4. The summed E-state index contributed by atoms with van der Waals surface area (Å²) < 4.78 is 0. The average molecular weight is 212 g/mol. The van der Waals surface area contributed by atoms with Gasteiger partial charge in [0, 0.05) is 13.0 Å². The Balaban J connectivity index is 3.79. The van der Waals surface area contributed by atoms with E-state index in [1.165, 1.54) is 0 Å². The van der Waals surface area contributed by atoms with Crippen molar-refractivity contribution < 1.29 is 14.7 Å². The molecule has 0 heterocycles. The van der Waals surface area contributed by atoms with Gasteiger partial charge in [-0.2, -0.15) is 0 Å². The summed E-state index contributed by atoms with van der Waals surface area (Å²) in [5.74, 6) is 4.45. The molecular weight excluding hydrogens is 196 g/mol. The molecule has 0 bridgehead atoms. The van der Waals surface area contributed by atoms with Crippen molar-refractivity contribution in [3.8, 4) is 11.8 Å². The minimum Gasteiger partial charge on any atom is -0.480 e. The van der Waals surface area contributed by atoms with Crippen LogP contribution >= 0.6 is 0 Å². The molecule has 0 fully saturated rings. The van der Waals surface area contributed by atoms with Crippen molar-refractivity contribution in [3.05, 3.63) is 0 Å². The molecule has 2 amide bonds. The van der Waals surface area contributed by atoms with Gasteiger partial charge in [0.15, 0.2) is 0 Å². The zero-order valence-corrected chi connectivity index (χ0v) is 8.96. The second kappa shape index (κ2) is 7.68. The maximum atomic E-state index is 11.1. The van der Waals surface area contributed by atoms with Crippen LogP contribution in [0.15, 0.2) is 0 Å². The number of carboxylic acids is 1. The van der Waals surface area contributed by atoms with Crippen molar-refractivity contribution in [2.24, 2.45) is 0 Å². The quantitative estimate of drug-likeness (QED) is 0.460. The number of nitrogens with one attached hydrogen (secondary N) is 2. The number of carbonyl (C=O) groups is 2. The molecule has 5 heteroatoms. The molecule has 0 aromatic rings. The Kier molecular flexibility index (Phi) is 6.81. The lowest BCUT2D eigenvalue weighted by atomic mass is 10.2. The summed E-state index contributed by atoms with van der Waals surface area (Å²) in [6, 6.07) is -1.30. The van der Waals surface area contributed by atoms with E-state index < -0.39 is 18.0 Å². The number of amides is 2. The van der Waals surface area contributed by atoms with E-state index in [2.05, 4.69) is 22.5 Å². The lowest BCUT2D eigenvalue weighted by molar-refractivity contribution is -0.139. The Morgan fingerprint density at radius 1 is 1.47 bits per heavy atom. The average Bonchev–Trinajstić information content (AvgIpc) is 2.20. The van der Waals surface area contributed by atoms with Crippen LogP contribution in [0.2, 0.25) is 0 Å². The van der Waals surface area contributed by atoms with Crippen LogP contribution in [0.3, 0.4) is 0 Å². The van der Waals surface area contributed by atoms with E-state index in [1.807, 2.05) is 0 Å². The standard InChI is InChI=1S/C10H16N2O3/c1-3-5-6-7-11-10(15)12-8(4-2)9(13)14/h8H,4,6-7H2,1-2H3,(H,13,14)(H2,11,12,15)/t8-/m1/s1. The molecule has 0 aliphatic rings. The maximum Gasteiger partial charge on any atom is 0.326 e. The van der Waals surface area contributed by atoms with E-state index in [0.29, 0.717) is 19.4 Å². The van der Waals surface area contributed by atoms with Gasteiger partial charge in [-0.05, 0) is 13.3 Å². The molecule has 0 radical (unpaired) electrons. The van der Waals surface area contributed by atoms with Crippen LogP contribution in [0.4, 0.5) is 4.79 Å². The smallest absolute Gasteiger partial charge is 0.326 e. The molecule has 0 aliphatic carbocycles. The first-order chi connectivity index (χ1) is 7.11. The number of carboxylic acid groups (broad SMARTS) is 1. The van der Waals surface area contributed by atoms with Crippen LogP contribution in [0.1, 0.15) is 26.7 Å². The summed E-state index contributed by atoms with van der Waals surface area (Å²) >= 11 is 0. The highest BCUT2D eigenvalue weighted by Crippen LogP contribution is 1.90. The van der Waals surface area contributed by atoms with E-state index in [9.17, 15) is 9.59 Å². The van der Waals surface area contributed by atoms with Gasteiger partial charge in [-0.25, -0.2) is 9.59 Å². The summed E-state index contributed by atoms with van der Waals surface area (Å²) in [5.41, 5.74) is 0. The Bertz CT molecular complexity index is 278. The molecule has 84 valence electrons. The second-order valence-electron chi connectivity index (χ2n) is 2.88. The lowest BCUT2D eigenvalue weighted by Gasteiger charge is -2.12. The summed E-state index contributed by atoms with van der Waals surface area (Å²) in [5, 5.41) is 13.5. The molecule has 0 rings (SSSR count). The fourth-order valence-electron chi connectivity index (χ4n) is 0.911. The normalized spacial score (nSPS) is 10.8. The predicted octanol–water partition coefficient (Wildman–Crippen LogP) is 0.562. The highest BCUT2D eigenvalue weighted by Gasteiger charge is 2.16. The molecule has 0 aromatic carbocycles. The monoisotopic (exact) mass is 212 g/mol. The molecule has 1 atom stereocenters. The van der Waals surface area contributed by atoms with E-state index in [0.717, 1.165) is 0 Å². The van der Waals surface area contributed by atoms with Gasteiger partial charge in [0.2, 0.25) is 0 Å². The molecule has 0 aromatic heterocycles. The van der Waals surface area contributed by atoms with E-state index in [4.69, 9.17) is 5.11 Å². The first-order valence-electron chi connectivity index (χ1n) is 4.78. The fraction of sp³-hybridized carbons (Fsp3) is 0.600. The SMILES string of the molecule is CC#CCCNC(=O)N[C@H](CC)C(=O)O. The summed E-state index contributed by atoms with van der Waals surface area (Å²) in [6.45, 7) is 3.84. The van der Waals surface area contributed by atoms with Crippen molar-refractivity contribution in [3.63, 3.8) is 0 Å². The molecule has 0 aliphatic heterocycles. The number of hydrogen-bond donors (Lipinski definition) is 3. The number of hydrogen-bond acceptors (Lipinski definition) is 2. The minimum atomic E-state index is -1.03. The predicted molar refractivity (Wildman–Crippen MR) is 56.3 cm³/mol. The molecule has 0 saturated heterocycles. The number of aliphatic carboxylic acids is 1. The van der Waals surface area contributed by atoms with Crippen LogP contribution in [0.25, 0.3) is 0 Å². The zero-order chi connectivity index (χ0) is 11.7. The Morgan fingerprint density at radius 3 is 2.60 bits per heavy atom. The van der Waals surface area contributed by atoms with E-state index in [-0.39, 0.29) is 0 Å². The third kappa shape index (κ3) is 6.38. The Morgan fingerprint density at radius 2 is 2.13 bits per heavy atom. The maximum absolute atomic E-state index is 11.1. The fourth-order valence-corrected chi connectivity index (χ4v) is 0.911. The Hall–Kier alpha value is -1.70. The molecule has 0 saturated carbocycles. The van der Waals surface area contributed by atoms with Gasteiger partial charge in [-0.1, -0.05) is 6.92 Å². The first kappa shape index (κ1) is 13.3. The molecule has 5 nitrogen and oxygen atoms in total. The topological polar surface area (TPSA) is 78.4 Å². The van der Waals surface area contributed by atoms with Gasteiger partial charge in [0.05, 0.1) is 0 Å². The van der Waals surface area contributed by atoms with Gasteiger partial charge in [0.1, 0.15) is 6.04 Å². The summed E-state index contributed by atoms with van der Waals surface area (Å²) in [7, 11) is 0. The second-order valence-corrected chi connectivity index (χ2v) is 2.88. The number of rotatable bonds is 5. The largest absolute Gasteiger partial charge is 0.480 e. The molecular formula is C10H16N2O3. The van der Waals surface area contributed by atoms with Gasteiger partial charge in [0.25, 0.3) is 0 Å². The molecule has 15 heavy (non-hydrogen) atoms.